The number of carbonyl (C=O) groups excluding carboxylic acids is 1. The molecule has 4 heteroatoms. The van der Waals surface area contributed by atoms with Gasteiger partial charge in [0.25, 0.3) is 5.91 Å². The lowest BCUT2D eigenvalue weighted by atomic mass is 9.84. The average molecular weight is 308 g/mol. The Morgan fingerprint density at radius 2 is 2.10 bits per heavy atom. The summed E-state index contributed by atoms with van der Waals surface area (Å²) in [6.07, 6.45) is 5.38. The van der Waals surface area contributed by atoms with E-state index in [1.807, 2.05) is 0 Å². The maximum absolute atomic E-state index is 12.0. The third kappa shape index (κ3) is 3.52. The molecule has 0 heterocycles. The van der Waals surface area contributed by atoms with Crippen LogP contribution in [0, 0.1) is 17.8 Å². The molecule has 3 rings (SSSR count). The Hall–Kier alpha value is -1.22. The number of hydrogen-bond donors (Lipinski definition) is 1. The molecule has 1 N–H and O–H groups in total. The van der Waals surface area contributed by atoms with Crippen LogP contribution < -0.4 is 10.1 Å². The van der Waals surface area contributed by atoms with Gasteiger partial charge in [-0.15, -0.1) is 0 Å². The van der Waals surface area contributed by atoms with Gasteiger partial charge in [0.1, 0.15) is 5.75 Å². The minimum atomic E-state index is -0.0415. The van der Waals surface area contributed by atoms with Crippen molar-refractivity contribution in [3.8, 4) is 5.75 Å². The second-order valence-corrected chi connectivity index (χ2v) is 6.87. The predicted molar refractivity (Wildman–Crippen MR) is 83.5 cm³/mol. The third-order valence-corrected chi connectivity index (χ3v) is 5.26. The van der Waals surface area contributed by atoms with E-state index in [4.69, 9.17) is 16.3 Å². The van der Waals surface area contributed by atoms with Crippen molar-refractivity contribution in [3.05, 3.63) is 29.3 Å². The Bertz CT molecular complexity index is 502. The molecule has 0 spiro atoms. The lowest BCUT2D eigenvalue weighted by Crippen LogP contribution is -2.42. The highest BCUT2D eigenvalue weighted by atomic mass is 35.5. The van der Waals surface area contributed by atoms with Crippen LogP contribution in [0.15, 0.2) is 24.3 Å². The van der Waals surface area contributed by atoms with E-state index < -0.39 is 0 Å². The van der Waals surface area contributed by atoms with Gasteiger partial charge >= 0.3 is 0 Å². The van der Waals surface area contributed by atoms with Gasteiger partial charge < -0.3 is 10.1 Å². The maximum Gasteiger partial charge on any atom is 0.258 e. The summed E-state index contributed by atoms with van der Waals surface area (Å²) in [6, 6.07) is 7.31. The van der Waals surface area contributed by atoms with Crippen molar-refractivity contribution >= 4 is 17.5 Å². The van der Waals surface area contributed by atoms with Gasteiger partial charge in [-0.3, -0.25) is 4.79 Å². The lowest BCUT2D eigenvalue weighted by Gasteiger charge is -2.28. The van der Waals surface area contributed by atoms with Crippen LogP contribution >= 0.6 is 11.6 Å². The van der Waals surface area contributed by atoms with Gasteiger partial charge in [-0.2, -0.15) is 0 Å². The molecule has 0 radical (unpaired) electrons. The summed E-state index contributed by atoms with van der Waals surface area (Å²) in [5, 5.41) is 3.76. The molecule has 0 aliphatic heterocycles. The molecule has 21 heavy (non-hydrogen) atoms. The lowest BCUT2D eigenvalue weighted by molar-refractivity contribution is -0.124. The van der Waals surface area contributed by atoms with Crippen molar-refractivity contribution in [1.82, 2.24) is 5.32 Å². The molecule has 1 amide bonds. The number of fused-ring (bicyclic) bond motifs is 2. The zero-order valence-corrected chi connectivity index (χ0v) is 13.1. The van der Waals surface area contributed by atoms with Crippen molar-refractivity contribution < 1.29 is 9.53 Å². The second-order valence-electron chi connectivity index (χ2n) is 6.44. The first-order valence-electron chi connectivity index (χ1n) is 7.79. The van der Waals surface area contributed by atoms with E-state index in [2.05, 4.69) is 12.2 Å². The molecular weight excluding hydrogens is 286 g/mol. The minimum absolute atomic E-state index is 0.0415. The summed E-state index contributed by atoms with van der Waals surface area (Å²) in [5.74, 6) is 3.01. The highest BCUT2D eigenvalue weighted by Crippen LogP contribution is 2.49. The van der Waals surface area contributed by atoms with E-state index in [-0.39, 0.29) is 18.6 Å². The van der Waals surface area contributed by atoms with Gasteiger partial charge in [0.2, 0.25) is 0 Å². The number of rotatable bonds is 5. The first-order valence-corrected chi connectivity index (χ1v) is 8.17. The molecule has 4 atom stereocenters. The molecule has 2 aliphatic carbocycles. The highest BCUT2D eigenvalue weighted by molar-refractivity contribution is 6.30. The highest BCUT2D eigenvalue weighted by Gasteiger charge is 2.42. The Morgan fingerprint density at radius 1 is 1.33 bits per heavy atom. The number of carbonyl (C=O) groups is 1. The van der Waals surface area contributed by atoms with Crippen LogP contribution in [0.5, 0.6) is 5.75 Å². The third-order valence-electron chi connectivity index (χ3n) is 5.01. The van der Waals surface area contributed by atoms with Crippen molar-refractivity contribution in [1.29, 1.82) is 0 Å². The van der Waals surface area contributed by atoms with Crippen LogP contribution in [0.1, 0.15) is 32.6 Å². The molecule has 2 aliphatic rings. The predicted octanol–water partition coefficient (Wildman–Crippen LogP) is 3.66. The quantitative estimate of drug-likeness (QED) is 0.901. The van der Waals surface area contributed by atoms with Crippen LogP contribution in [0.4, 0.5) is 0 Å². The standard InChI is InChI=1S/C17H22ClNO2/c1-11(16-9-12-2-3-13(16)8-12)19-17(20)10-21-15-6-4-14(18)5-7-15/h4-7,11-13,16H,2-3,8-10H2,1H3,(H,19,20)/t11-,12+,13+,16-/m1/s1. The van der Waals surface area contributed by atoms with Crippen LogP contribution in [0.2, 0.25) is 5.02 Å². The van der Waals surface area contributed by atoms with Crippen LogP contribution in [0.3, 0.4) is 0 Å². The van der Waals surface area contributed by atoms with Gasteiger partial charge in [0.05, 0.1) is 0 Å². The molecule has 2 saturated carbocycles. The number of hydrogen-bond acceptors (Lipinski definition) is 2. The zero-order valence-electron chi connectivity index (χ0n) is 12.3. The Morgan fingerprint density at radius 3 is 2.71 bits per heavy atom. The SMILES string of the molecule is C[C@@H](NC(=O)COc1ccc(Cl)cc1)[C@H]1C[C@H]2CC[C@H]1C2. The second kappa shape index (κ2) is 6.27. The molecule has 2 bridgehead atoms. The first-order chi connectivity index (χ1) is 10.1. The van der Waals surface area contributed by atoms with Gasteiger partial charge in [0, 0.05) is 11.1 Å². The fourth-order valence-corrected chi connectivity index (χ4v) is 4.11. The molecular formula is C17H22ClNO2. The van der Waals surface area contributed by atoms with E-state index in [1.54, 1.807) is 24.3 Å². The molecule has 0 saturated heterocycles. The molecule has 1 aromatic rings. The number of nitrogens with one attached hydrogen (secondary N) is 1. The van der Waals surface area contributed by atoms with E-state index in [1.165, 1.54) is 25.7 Å². The summed E-state index contributed by atoms with van der Waals surface area (Å²) in [5.41, 5.74) is 0. The summed E-state index contributed by atoms with van der Waals surface area (Å²) in [6.45, 7) is 2.19. The van der Waals surface area contributed by atoms with Gasteiger partial charge in [-0.1, -0.05) is 18.0 Å². The summed E-state index contributed by atoms with van der Waals surface area (Å²) < 4.78 is 5.48. The zero-order chi connectivity index (χ0) is 14.8. The monoisotopic (exact) mass is 307 g/mol. The molecule has 3 nitrogen and oxygen atoms in total. The summed E-state index contributed by atoms with van der Waals surface area (Å²) >= 11 is 5.81. The van der Waals surface area contributed by atoms with Crippen molar-refractivity contribution in [2.45, 2.75) is 38.6 Å². The largest absolute Gasteiger partial charge is 0.484 e. The molecule has 0 aromatic heterocycles. The van der Waals surface area contributed by atoms with Gasteiger partial charge in [0.15, 0.2) is 6.61 Å². The fourth-order valence-electron chi connectivity index (χ4n) is 3.99. The van der Waals surface area contributed by atoms with Gasteiger partial charge in [-0.05, 0) is 68.2 Å². The van der Waals surface area contributed by atoms with Crippen LogP contribution in [-0.2, 0) is 4.79 Å². The molecule has 0 unspecified atom stereocenters. The Labute approximate surface area is 131 Å². The van der Waals surface area contributed by atoms with E-state index in [9.17, 15) is 4.79 Å². The fraction of sp³-hybridized carbons (Fsp3) is 0.588. The molecule has 1 aromatic carbocycles. The molecule has 2 fully saturated rings. The Balaban J connectivity index is 1.44. The summed E-state index contributed by atoms with van der Waals surface area (Å²) in [7, 11) is 0. The first kappa shape index (κ1) is 14.7. The van der Waals surface area contributed by atoms with E-state index in [0.29, 0.717) is 16.7 Å². The van der Waals surface area contributed by atoms with Crippen molar-refractivity contribution in [2.24, 2.45) is 17.8 Å². The van der Waals surface area contributed by atoms with E-state index >= 15 is 0 Å². The van der Waals surface area contributed by atoms with Crippen LogP contribution in [0.25, 0.3) is 0 Å². The minimum Gasteiger partial charge on any atom is -0.484 e. The van der Waals surface area contributed by atoms with E-state index in [0.717, 1.165) is 11.8 Å². The van der Waals surface area contributed by atoms with Crippen molar-refractivity contribution in [3.63, 3.8) is 0 Å². The Kier molecular flexibility index (Phi) is 4.39. The molecule has 114 valence electrons. The van der Waals surface area contributed by atoms with Gasteiger partial charge in [-0.25, -0.2) is 0 Å². The van der Waals surface area contributed by atoms with Crippen molar-refractivity contribution in [2.75, 3.05) is 6.61 Å². The number of amides is 1. The topological polar surface area (TPSA) is 38.3 Å². The normalized spacial score (nSPS) is 28.4. The number of benzene rings is 1. The number of ether oxygens (including phenoxy) is 1. The smallest absolute Gasteiger partial charge is 0.258 e. The maximum atomic E-state index is 12.0. The average Bonchev–Trinajstić information content (AvgIpc) is 3.09. The number of halogens is 1. The summed E-state index contributed by atoms with van der Waals surface area (Å²) in [4.78, 5) is 12.0. The van der Waals surface area contributed by atoms with Crippen LogP contribution in [-0.4, -0.2) is 18.6 Å².